The molecule has 7 heteroatoms. The summed E-state index contributed by atoms with van der Waals surface area (Å²) in [6.45, 7) is 0.322. The normalized spacial score (nSPS) is 10.9. The van der Waals surface area contributed by atoms with Gasteiger partial charge in [0.25, 0.3) is 5.56 Å². The number of rotatable bonds is 6. The fourth-order valence-electron chi connectivity index (χ4n) is 3.43. The Morgan fingerprint density at radius 3 is 2.70 bits per heavy atom. The van der Waals surface area contributed by atoms with E-state index in [1.54, 1.807) is 18.7 Å². The van der Waals surface area contributed by atoms with Gasteiger partial charge in [-0.3, -0.25) is 14.2 Å². The molecule has 1 amide bonds. The number of methoxy groups -OCH3 is 1. The number of hydrogen-bond acceptors (Lipinski definition) is 4. The summed E-state index contributed by atoms with van der Waals surface area (Å²) in [6.07, 6.45) is 3.30. The number of fused-ring (bicyclic) bond motifs is 1. The molecule has 0 radical (unpaired) electrons. The molecule has 2 heterocycles. The Balaban J connectivity index is 1.60. The summed E-state index contributed by atoms with van der Waals surface area (Å²) in [4.78, 5) is 29.8. The minimum Gasteiger partial charge on any atom is -0.497 e. The molecule has 0 bridgehead atoms. The first-order valence-electron chi connectivity index (χ1n) is 9.56. The van der Waals surface area contributed by atoms with Crippen LogP contribution in [0.1, 0.15) is 5.56 Å². The van der Waals surface area contributed by atoms with Crippen LogP contribution in [0.3, 0.4) is 0 Å². The first kappa shape index (κ1) is 19.4. The van der Waals surface area contributed by atoms with E-state index in [9.17, 15) is 9.59 Å². The summed E-state index contributed by atoms with van der Waals surface area (Å²) < 4.78 is 8.38. The van der Waals surface area contributed by atoms with Gasteiger partial charge < -0.3 is 14.6 Å². The van der Waals surface area contributed by atoms with Crippen molar-refractivity contribution in [1.29, 1.82) is 0 Å². The van der Waals surface area contributed by atoms with Crippen LogP contribution in [0.2, 0.25) is 0 Å². The lowest BCUT2D eigenvalue weighted by Gasteiger charge is -2.08. The van der Waals surface area contributed by atoms with Gasteiger partial charge in [-0.1, -0.05) is 42.5 Å². The average Bonchev–Trinajstić information content (AvgIpc) is 3.12. The molecule has 0 atom stereocenters. The van der Waals surface area contributed by atoms with Crippen molar-refractivity contribution in [1.82, 2.24) is 19.4 Å². The van der Waals surface area contributed by atoms with Gasteiger partial charge in [-0.2, -0.15) is 0 Å². The highest BCUT2D eigenvalue weighted by Crippen LogP contribution is 2.29. The van der Waals surface area contributed by atoms with Crippen LogP contribution in [-0.2, 0) is 24.9 Å². The fourth-order valence-corrected chi connectivity index (χ4v) is 3.43. The second kappa shape index (κ2) is 8.24. The monoisotopic (exact) mass is 402 g/mol. The minimum absolute atomic E-state index is 0.0890. The molecule has 2 aromatic heterocycles. The van der Waals surface area contributed by atoms with Crippen LogP contribution in [-0.4, -0.2) is 27.1 Å². The first-order chi connectivity index (χ1) is 14.6. The summed E-state index contributed by atoms with van der Waals surface area (Å²) in [5.41, 5.74) is 3.53. The highest BCUT2D eigenvalue weighted by molar-refractivity contribution is 5.92. The third-order valence-corrected chi connectivity index (χ3v) is 4.97. The van der Waals surface area contributed by atoms with Crippen LogP contribution in [0.4, 0.5) is 0 Å². The molecule has 0 saturated carbocycles. The second-order valence-electron chi connectivity index (χ2n) is 7.02. The molecule has 1 N–H and O–H groups in total. The van der Waals surface area contributed by atoms with Crippen LogP contribution in [0, 0.1) is 0 Å². The Bertz CT molecular complexity index is 1260. The average molecular weight is 402 g/mol. The Kier molecular flexibility index (Phi) is 5.34. The topological polar surface area (TPSA) is 78.1 Å². The van der Waals surface area contributed by atoms with Crippen LogP contribution in [0.25, 0.3) is 22.2 Å². The van der Waals surface area contributed by atoms with Gasteiger partial charge in [-0.15, -0.1) is 0 Å². The third-order valence-electron chi connectivity index (χ3n) is 4.97. The molecule has 0 fully saturated rings. The van der Waals surface area contributed by atoms with E-state index in [2.05, 4.69) is 10.3 Å². The largest absolute Gasteiger partial charge is 0.497 e. The maximum absolute atomic E-state index is 13.0. The number of benzene rings is 2. The van der Waals surface area contributed by atoms with E-state index >= 15 is 0 Å². The molecular formula is C23H22N4O3. The maximum Gasteiger partial charge on any atom is 0.278 e. The summed E-state index contributed by atoms with van der Waals surface area (Å²) in [6, 6.07) is 17.2. The van der Waals surface area contributed by atoms with Gasteiger partial charge in [-0.05, 0) is 23.3 Å². The zero-order chi connectivity index (χ0) is 21.1. The lowest BCUT2D eigenvalue weighted by atomic mass is 10.1. The van der Waals surface area contributed by atoms with Gasteiger partial charge in [0.15, 0.2) is 0 Å². The van der Waals surface area contributed by atoms with Crippen LogP contribution < -0.4 is 15.6 Å². The number of ether oxygens (including phenoxy) is 1. The number of nitrogens with zero attached hydrogens (tertiary/aromatic N) is 3. The van der Waals surface area contributed by atoms with Crippen molar-refractivity contribution in [3.63, 3.8) is 0 Å². The first-order valence-corrected chi connectivity index (χ1v) is 9.56. The third kappa shape index (κ3) is 3.82. The molecule has 7 nitrogen and oxygen atoms in total. The molecule has 0 saturated heterocycles. The molecule has 0 aliphatic heterocycles. The van der Waals surface area contributed by atoms with Crippen molar-refractivity contribution in [2.75, 3.05) is 7.11 Å². The molecular weight excluding hydrogens is 380 g/mol. The number of carbonyl (C=O) groups excluding carboxylic acids is 1. The van der Waals surface area contributed by atoms with E-state index in [1.807, 2.05) is 60.8 Å². The molecule has 0 aliphatic carbocycles. The number of nitrogens with one attached hydrogen (secondary N) is 1. The van der Waals surface area contributed by atoms with E-state index in [1.165, 1.54) is 10.9 Å². The lowest BCUT2D eigenvalue weighted by Crippen LogP contribution is -2.32. The summed E-state index contributed by atoms with van der Waals surface area (Å²) in [7, 11) is 3.41. The van der Waals surface area contributed by atoms with Gasteiger partial charge in [0.1, 0.15) is 23.3 Å². The zero-order valence-corrected chi connectivity index (χ0v) is 16.8. The Hall–Kier alpha value is -3.87. The molecule has 0 aliphatic rings. The maximum atomic E-state index is 13.0. The van der Waals surface area contributed by atoms with E-state index in [0.29, 0.717) is 17.6 Å². The highest BCUT2D eigenvalue weighted by atomic mass is 16.5. The fraction of sp³-hybridized carbons (Fsp3) is 0.174. The lowest BCUT2D eigenvalue weighted by molar-refractivity contribution is -0.121. The van der Waals surface area contributed by atoms with Crippen molar-refractivity contribution in [3.05, 3.63) is 83.0 Å². The van der Waals surface area contributed by atoms with Gasteiger partial charge >= 0.3 is 0 Å². The number of aryl methyl sites for hydroxylation is 1. The molecule has 30 heavy (non-hydrogen) atoms. The standard InChI is InChI=1S/C23H22N4O3/c1-26-13-19(17-9-6-10-18(11-17)30-2)21-22(26)23(29)27(15-25-21)14-20(28)24-12-16-7-4-3-5-8-16/h3-11,13,15H,12,14H2,1-2H3,(H,24,28). The number of amides is 1. The second-order valence-corrected chi connectivity index (χ2v) is 7.02. The van der Waals surface area contributed by atoms with Crippen molar-refractivity contribution in [2.24, 2.45) is 7.05 Å². The molecule has 4 rings (SSSR count). The van der Waals surface area contributed by atoms with Gasteiger partial charge in [0.05, 0.1) is 13.4 Å². The zero-order valence-electron chi connectivity index (χ0n) is 16.8. The number of carbonyl (C=O) groups is 1. The van der Waals surface area contributed by atoms with Crippen molar-refractivity contribution >= 4 is 16.9 Å². The van der Waals surface area contributed by atoms with Crippen molar-refractivity contribution in [3.8, 4) is 16.9 Å². The SMILES string of the molecule is COc1cccc(-c2cn(C)c3c(=O)n(CC(=O)NCc4ccccc4)cnc23)c1. The molecule has 2 aromatic carbocycles. The van der Waals surface area contributed by atoms with Crippen LogP contribution >= 0.6 is 0 Å². The van der Waals surface area contributed by atoms with Gasteiger partial charge in [0, 0.05) is 25.4 Å². The van der Waals surface area contributed by atoms with E-state index < -0.39 is 0 Å². The predicted octanol–water partition coefficient (Wildman–Crippen LogP) is 2.73. The smallest absolute Gasteiger partial charge is 0.278 e. The van der Waals surface area contributed by atoms with Crippen molar-refractivity contribution in [2.45, 2.75) is 13.1 Å². The Morgan fingerprint density at radius 2 is 1.93 bits per heavy atom. The van der Waals surface area contributed by atoms with Gasteiger partial charge in [-0.25, -0.2) is 4.98 Å². The molecule has 0 spiro atoms. The Morgan fingerprint density at radius 1 is 1.13 bits per heavy atom. The van der Waals surface area contributed by atoms with Gasteiger partial charge in [0.2, 0.25) is 5.91 Å². The molecule has 4 aromatic rings. The van der Waals surface area contributed by atoms with Crippen molar-refractivity contribution < 1.29 is 9.53 Å². The van der Waals surface area contributed by atoms with Crippen LogP contribution in [0.15, 0.2) is 71.9 Å². The minimum atomic E-state index is -0.258. The summed E-state index contributed by atoms with van der Waals surface area (Å²) in [5, 5.41) is 2.83. The summed E-state index contributed by atoms with van der Waals surface area (Å²) in [5.74, 6) is 0.484. The predicted molar refractivity (Wildman–Crippen MR) is 115 cm³/mol. The van der Waals surface area contributed by atoms with E-state index in [4.69, 9.17) is 4.74 Å². The van der Waals surface area contributed by atoms with Crippen LogP contribution in [0.5, 0.6) is 5.75 Å². The summed E-state index contributed by atoms with van der Waals surface area (Å²) >= 11 is 0. The Labute approximate surface area is 173 Å². The number of aromatic nitrogens is 3. The molecule has 0 unspecified atom stereocenters. The quantitative estimate of drug-likeness (QED) is 0.538. The van der Waals surface area contributed by atoms with E-state index in [-0.39, 0.29) is 18.0 Å². The van der Waals surface area contributed by atoms with E-state index in [0.717, 1.165) is 22.4 Å². The molecule has 152 valence electrons. The number of hydrogen-bond donors (Lipinski definition) is 1. The highest BCUT2D eigenvalue weighted by Gasteiger charge is 2.16.